The van der Waals surface area contributed by atoms with Crippen molar-refractivity contribution in [2.24, 2.45) is 5.92 Å². The molecule has 0 aliphatic heterocycles. The van der Waals surface area contributed by atoms with Gasteiger partial charge in [-0.3, -0.25) is 0 Å². The van der Waals surface area contributed by atoms with Gasteiger partial charge in [-0.1, -0.05) is 57.6 Å². The lowest BCUT2D eigenvalue weighted by molar-refractivity contribution is 0.615. The van der Waals surface area contributed by atoms with Crippen molar-refractivity contribution in [2.75, 3.05) is 0 Å². The third-order valence-corrected chi connectivity index (χ3v) is 3.89. The Morgan fingerprint density at radius 1 is 1.19 bits per heavy atom. The molecule has 1 N–H and O–H groups in total. The second-order valence-corrected chi connectivity index (χ2v) is 5.85. The molecular formula is C20H35N. The average Bonchev–Trinajstić information content (AvgIpc) is 2.48. The standard InChI is InChI=1S/C20H35N/c1-7-13-17(5)19(14-8-2)16-12-11-15-18(6)21-20(9-3)10-4/h7,9,16-17,20-21H,1,3,6,8,10-15H2,2,4-5H3/b19-16-. The number of allylic oxidation sites excluding steroid dienone is 4. The summed E-state index contributed by atoms with van der Waals surface area (Å²) in [5.41, 5.74) is 2.72. The molecule has 2 unspecified atom stereocenters. The van der Waals surface area contributed by atoms with E-state index in [1.165, 1.54) is 12.8 Å². The van der Waals surface area contributed by atoms with Gasteiger partial charge < -0.3 is 5.32 Å². The highest BCUT2D eigenvalue weighted by molar-refractivity contribution is 5.07. The van der Waals surface area contributed by atoms with E-state index >= 15 is 0 Å². The summed E-state index contributed by atoms with van der Waals surface area (Å²) in [7, 11) is 0. The minimum Gasteiger partial charge on any atom is -0.383 e. The minimum absolute atomic E-state index is 0.358. The zero-order valence-electron chi connectivity index (χ0n) is 14.5. The maximum absolute atomic E-state index is 4.12. The number of unbranched alkanes of at least 4 members (excludes halogenated alkanes) is 1. The van der Waals surface area contributed by atoms with Gasteiger partial charge in [-0.15, -0.1) is 13.2 Å². The summed E-state index contributed by atoms with van der Waals surface area (Å²) >= 11 is 0. The van der Waals surface area contributed by atoms with E-state index in [4.69, 9.17) is 0 Å². The molecule has 0 amide bonds. The Morgan fingerprint density at radius 2 is 1.90 bits per heavy atom. The fraction of sp³-hybridized carbons (Fsp3) is 0.600. The maximum Gasteiger partial charge on any atom is 0.0436 e. The van der Waals surface area contributed by atoms with Crippen LogP contribution in [0.4, 0.5) is 0 Å². The monoisotopic (exact) mass is 289 g/mol. The largest absolute Gasteiger partial charge is 0.383 e. The van der Waals surface area contributed by atoms with Gasteiger partial charge in [0.2, 0.25) is 0 Å². The van der Waals surface area contributed by atoms with Crippen molar-refractivity contribution >= 4 is 0 Å². The van der Waals surface area contributed by atoms with Crippen molar-refractivity contribution in [1.29, 1.82) is 0 Å². The molecule has 0 saturated carbocycles. The molecule has 0 saturated heterocycles. The van der Waals surface area contributed by atoms with Gasteiger partial charge in [0.25, 0.3) is 0 Å². The second kappa shape index (κ2) is 12.5. The Kier molecular flexibility index (Phi) is 11.8. The quantitative estimate of drug-likeness (QED) is 0.316. The van der Waals surface area contributed by atoms with Gasteiger partial charge in [0.1, 0.15) is 0 Å². The van der Waals surface area contributed by atoms with Gasteiger partial charge in [-0.05, 0) is 44.4 Å². The molecule has 0 aromatic carbocycles. The van der Waals surface area contributed by atoms with Crippen LogP contribution in [0.25, 0.3) is 0 Å². The zero-order valence-corrected chi connectivity index (χ0v) is 14.5. The lowest BCUT2D eigenvalue weighted by Gasteiger charge is -2.16. The number of hydrogen-bond acceptors (Lipinski definition) is 1. The van der Waals surface area contributed by atoms with Crippen molar-refractivity contribution < 1.29 is 0 Å². The first-order valence-electron chi connectivity index (χ1n) is 8.45. The molecule has 0 rings (SSSR count). The van der Waals surface area contributed by atoms with Crippen molar-refractivity contribution in [3.8, 4) is 0 Å². The third-order valence-electron chi connectivity index (χ3n) is 3.89. The molecule has 0 heterocycles. The van der Waals surface area contributed by atoms with Crippen molar-refractivity contribution in [1.82, 2.24) is 5.32 Å². The smallest absolute Gasteiger partial charge is 0.0436 e. The van der Waals surface area contributed by atoms with E-state index in [-0.39, 0.29) is 0 Å². The van der Waals surface area contributed by atoms with Gasteiger partial charge in [0.05, 0.1) is 0 Å². The van der Waals surface area contributed by atoms with E-state index < -0.39 is 0 Å². The topological polar surface area (TPSA) is 12.0 Å². The van der Waals surface area contributed by atoms with Crippen molar-refractivity contribution in [2.45, 2.75) is 71.8 Å². The van der Waals surface area contributed by atoms with Gasteiger partial charge in [0.15, 0.2) is 0 Å². The fourth-order valence-corrected chi connectivity index (χ4v) is 2.50. The van der Waals surface area contributed by atoms with Crippen LogP contribution in [0.3, 0.4) is 0 Å². The number of rotatable bonds is 13. The van der Waals surface area contributed by atoms with Crippen molar-refractivity contribution in [3.05, 3.63) is 49.2 Å². The van der Waals surface area contributed by atoms with Crippen LogP contribution in [0.5, 0.6) is 0 Å². The van der Waals surface area contributed by atoms with E-state index in [1.54, 1.807) is 5.57 Å². The lowest BCUT2D eigenvalue weighted by atomic mass is 9.92. The first-order chi connectivity index (χ1) is 10.1. The molecule has 0 aromatic rings. The molecule has 1 heteroatoms. The van der Waals surface area contributed by atoms with E-state index in [1.807, 2.05) is 12.2 Å². The van der Waals surface area contributed by atoms with Crippen LogP contribution in [-0.4, -0.2) is 6.04 Å². The molecule has 0 fully saturated rings. The fourth-order valence-electron chi connectivity index (χ4n) is 2.50. The SMILES string of the molecule is C=CCC(C)/C(=C\CCCC(=C)NC(C=C)CC)CCC. The predicted molar refractivity (Wildman–Crippen MR) is 97.4 cm³/mol. The Morgan fingerprint density at radius 3 is 2.43 bits per heavy atom. The summed E-state index contributed by atoms with van der Waals surface area (Å²) in [5.74, 6) is 0.633. The Hall–Kier alpha value is -1.24. The summed E-state index contributed by atoms with van der Waals surface area (Å²) in [6, 6.07) is 0.358. The first kappa shape index (κ1) is 19.8. The molecule has 0 aromatic heterocycles. The van der Waals surface area contributed by atoms with Crippen molar-refractivity contribution in [3.63, 3.8) is 0 Å². The lowest BCUT2D eigenvalue weighted by Crippen LogP contribution is -2.24. The van der Waals surface area contributed by atoms with Crippen LogP contribution in [0.1, 0.15) is 65.7 Å². The number of nitrogens with one attached hydrogen (secondary N) is 1. The van der Waals surface area contributed by atoms with Gasteiger partial charge >= 0.3 is 0 Å². The highest BCUT2D eigenvalue weighted by Crippen LogP contribution is 2.21. The Balaban J connectivity index is 4.17. The summed E-state index contributed by atoms with van der Waals surface area (Å²) in [4.78, 5) is 0. The van der Waals surface area contributed by atoms with E-state index in [0.29, 0.717) is 12.0 Å². The molecule has 120 valence electrons. The summed E-state index contributed by atoms with van der Waals surface area (Å²) < 4.78 is 0. The first-order valence-corrected chi connectivity index (χ1v) is 8.45. The third kappa shape index (κ3) is 9.33. The van der Waals surface area contributed by atoms with Crippen LogP contribution in [0, 0.1) is 5.92 Å². The molecule has 0 bridgehead atoms. The summed E-state index contributed by atoms with van der Waals surface area (Å²) in [6.45, 7) is 18.5. The average molecular weight is 290 g/mol. The zero-order chi connectivity index (χ0) is 16.1. The van der Waals surface area contributed by atoms with Crippen LogP contribution in [0.15, 0.2) is 49.2 Å². The highest BCUT2D eigenvalue weighted by Gasteiger charge is 2.06. The van der Waals surface area contributed by atoms with Gasteiger partial charge in [0, 0.05) is 11.7 Å². The van der Waals surface area contributed by atoms with Gasteiger partial charge in [-0.25, -0.2) is 0 Å². The Bertz CT molecular complexity index is 338. The van der Waals surface area contributed by atoms with Crippen LogP contribution in [0.2, 0.25) is 0 Å². The van der Waals surface area contributed by atoms with E-state index in [2.05, 4.69) is 51.9 Å². The van der Waals surface area contributed by atoms with Crippen LogP contribution >= 0.6 is 0 Å². The predicted octanol–water partition coefficient (Wildman–Crippen LogP) is 6.16. The molecule has 2 atom stereocenters. The van der Waals surface area contributed by atoms with E-state index in [9.17, 15) is 0 Å². The van der Waals surface area contributed by atoms with Crippen LogP contribution in [-0.2, 0) is 0 Å². The molecular weight excluding hydrogens is 254 g/mol. The molecule has 0 radical (unpaired) electrons. The second-order valence-electron chi connectivity index (χ2n) is 5.85. The Labute approximate surface area is 132 Å². The molecule has 0 aliphatic rings. The maximum atomic E-state index is 4.12. The molecule has 0 spiro atoms. The molecule has 0 aliphatic carbocycles. The van der Waals surface area contributed by atoms with Gasteiger partial charge in [-0.2, -0.15) is 0 Å². The normalized spacial score (nSPS) is 14.3. The van der Waals surface area contributed by atoms with E-state index in [0.717, 1.165) is 37.8 Å². The minimum atomic E-state index is 0.358. The molecule has 1 nitrogen and oxygen atoms in total. The number of hydrogen-bond donors (Lipinski definition) is 1. The molecule has 21 heavy (non-hydrogen) atoms. The summed E-state index contributed by atoms with van der Waals surface area (Å²) in [6.07, 6.45) is 14.3. The van der Waals surface area contributed by atoms with Crippen LogP contribution < -0.4 is 5.32 Å². The highest BCUT2D eigenvalue weighted by atomic mass is 14.9. The summed E-state index contributed by atoms with van der Waals surface area (Å²) in [5, 5.41) is 3.43.